The van der Waals surface area contributed by atoms with Crippen molar-refractivity contribution < 1.29 is 36.7 Å². The Labute approximate surface area is 261 Å². The lowest BCUT2D eigenvalue weighted by molar-refractivity contribution is -0.142. The van der Waals surface area contributed by atoms with Crippen LogP contribution in [0.4, 0.5) is 22.4 Å². The van der Waals surface area contributed by atoms with Crippen molar-refractivity contribution in [1.82, 2.24) is 34.6 Å². The van der Waals surface area contributed by atoms with Gasteiger partial charge in [0.05, 0.1) is 11.1 Å². The van der Waals surface area contributed by atoms with Gasteiger partial charge in [-0.05, 0) is 74.4 Å². The number of likely N-dealkylation sites (N-methyl/N-ethyl adjacent to an activating group) is 1. The topological polar surface area (TPSA) is 120 Å². The number of amides is 5. The van der Waals surface area contributed by atoms with Crippen molar-refractivity contribution >= 4 is 29.4 Å². The molecule has 11 nitrogen and oxygen atoms in total. The number of aromatic nitrogens is 3. The Morgan fingerprint density at radius 1 is 1.09 bits per heavy atom. The summed E-state index contributed by atoms with van der Waals surface area (Å²) in [5.41, 5.74) is -1.81. The van der Waals surface area contributed by atoms with Crippen LogP contribution in [0.2, 0.25) is 0 Å². The molecular weight excluding hydrogens is 610 g/mol. The average molecular weight is 644 g/mol. The van der Waals surface area contributed by atoms with Crippen LogP contribution in [0.5, 0.6) is 0 Å². The van der Waals surface area contributed by atoms with Gasteiger partial charge < -0.3 is 15.1 Å². The summed E-state index contributed by atoms with van der Waals surface area (Å²) in [6, 6.07) is 3.64. The van der Waals surface area contributed by atoms with E-state index in [9.17, 15) is 36.7 Å². The number of rotatable bonds is 6. The van der Waals surface area contributed by atoms with E-state index in [1.807, 2.05) is 0 Å². The largest absolute Gasteiger partial charge is 0.416 e. The molecule has 1 saturated carbocycles. The van der Waals surface area contributed by atoms with E-state index in [1.54, 1.807) is 29.8 Å². The van der Waals surface area contributed by atoms with Gasteiger partial charge in [-0.25, -0.2) is 18.7 Å². The van der Waals surface area contributed by atoms with Gasteiger partial charge in [-0.1, -0.05) is 12.8 Å². The van der Waals surface area contributed by atoms with Crippen LogP contribution in [0.3, 0.4) is 0 Å². The molecule has 15 heteroatoms. The zero-order chi connectivity index (χ0) is 33.0. The fraction of sp³-hybridized carbons (Fsp3) is 0.484. The monoisotopic (exact) mass is 643 g/mol. The number of halogens is 4. The molecule has 2 saturated heterocycles. The van der Waals surface area contributed by atoms with Crippen LogP contribution in [-0.2, 0) is 22.3 Å². The normalized spacial score (nSPS) is 19.5. The van der Waals surface area contributed by atoms with Crippen LogP contribution in [-0.4, -0.2) is 84.8 Å². The van der Waals surface area contributed by atoms with E-state index in [4.69, 9.17) is 0 Å². The maximum absolute atomic E-state index is 14.5. The first kappa shape index (κ1) is 31.4. The average Bonchev–Trinajstić information content (AvgIpc) is 3.72. The number of hydrogen-bond donors (Lipinski definition) is 1. The highest BCUT2D eigenvalue weighted by Crippen LogP contribution is 2.39. The standard InChI is InChI=1S/C31H33F4N7O4/c1-18-36-24-15-19(9-12-42(24)38-18)17-41-29(46)39(2)28(45)30(41)10-13-40(14-11-30)27(44)25(20-5-3-4-6-20)37-26(43)22-16-21(31(33,34)35)7-8-23(22)32/h7-9,12,15-16,20,25H,3-6,10-11,13-14,17H2,1-2H3,(H,37,43). The molecule has 4 heterocycles. The maximum Gasteiger partial charge on any atom is 0.416 e. The number of carbonyl (C=O) groups is 4. The van der Waals surface area contributed by atoms with Crippen LogP contribution in [0.15, 0.2) is 36.5 Å². The summed E-state index contributed by atoms with van der Waals surface area (Å²) in [7, 11) is 1.42. The molecule has 3 aromatic rings. The van der Waals surface area contributed by atoms with Crippen molar-refractivity contribution in [2.24, 2.45) is 5.92 Å². The molecule has 46 heavy (non-hydrogen) atoms. The highest BCUT2D eigenvalue weighted by atomic mass is 19.4. The molecule has 6 rings (SSSR count). The summed E-state index contributed by atoms with van der Waals surface area (Å²) in [5.74, 6) is -2.75. The third-order valence-electron chi connectivity index (χ3n) is 9.45. The molecule has 5 amide bonds. The van der Waals surface area contributed by atoms with Crippen molar-refractivity contribution in [1.29, 1.82) is 0 Å². The van der Waals surface area contributed by atoms with Gasteiger partial charge in [0, 0.05) is 32.9 Å². The maximum atomic E-state index is 14.5. The molecule has 1 atom stereocenters. The SMILES string of the molecule is Cc1nc2cc(CN3C(=O)N(C)C(=O)C34CCN(C(=O)C(NC(=O)c3cc(C(F)(F)F)ccc3F)C3CCCC3)CC4)ccn2n1. The molecule has 1 aliphatic carbocycles. The number of pyridine rings is 1. The van der Waals surface area contributed by atoms with Crippen LogP contribution < -0.4 is 5.32 Å². The number of carbonyl (C=O) groups excluding carboxylic acids is 4. The highest BCUT2D eigenvalue weighted by molar-refractivity contribution is 6.07. The van der Waals surface area contributed by atoms with Crippen molar-refractivity contribution in [3.63, 3.8) is 0 Å². The summed E-state index contributed by atoms with van der Waals surface area (Å²) < 4.78 is 56.0. The second kappa shape index (κ2) is 11.7. The zero-order valence-electron chi connectivity index (χ0n) is 25.3. The Balaban J connectivity index is 1.20. The first-order valence-corrected chi connectivity index (χ1v) is 15.2. The Morgan fingerprint density at radius 3 is 2.46 bits per heavy atom. The lowest BCUT2D eigenvalue weighted by Gasteiger charge is -2.43. The van der Waals surface area contributed by atoms with E-state index in [0.717, 1.165) is 23.3 Å². The van der Waals surface area contributed by atoms with Gasteiger partial charge in [-0.3, -0.25) is 19.3 Å². The summed E-state index contributed by atoms with van der Waals surface area (Å²) in [4.78, 5) is 62.4. The summed E-state index contributed by atoms with van der Waals surface area (Å²) in [6.07, 6.45) is 0.0831. The van der Waals surface area contributed by atoms with Crippen molar-refractivity contribution in [3.8, 4) is 0 Å². The number of aryl methyl sites for hydroxylation is 1. The van der Waals surface area contributed by atoms with Crippen LogP contribution in [0.25, 0.3) is 5.65 Å². The molecule has 2 aliphatic heterocycles. The zero-order valence-corrected chi connectivity index (χ0v) is 25.3. The fourth-order valence-corrected chi connectivity index (χ4v) is 6.96. The third kappa shape index (κ3) is 5.55. The van der Waals surface area contributed by atoms with Crippen molar-refractivity contribution in [2.75, 3.05) is 20.1 Å². The van der Waals surface area contributed by atoms with E-state index >= 15 is 0 Å². The fourth-order valence-electron chi connectivity index (χ4n) is 6.96. The van der Waals surface area contributed by atoms with Gasteiger partial charge in [-0.15, -0.1) is 0 Å². The third-order valence-corrected chi connectivity index (χ3v) is 9.45. The van der Waals surface area contributed by atoms with E-state index in [-0.39, 0.29) is 44.3 Å². The lowest BCUT2D eigenvalue weighted by Crippen LogP contribution is -2.60. The number of hydrogen-bond acceptors (Lipinski definition) is 6. The molecule has 1 unspecified atom stereocenters. The van der Waals surface area contributed by atoms with Crippen LogP contribution in [0, 0.1) is 18.7 Å². The Morgan fingerprint density at radius 2 is 1.78 bits per heavy atom. The minimum Gasteiger partial charge on any atom is -0.341 e. The van der Waals surface area contributed by atoms with Gasteiger partial charge in [-0.2, -0.15) is 18.3 Å². The molecule has 0 bridgehead atoms. The van der Waals surface area contributed by atoms with Crippen LogP contribution in [0.1, 0.15) is 65.8 Å². The molecule has 1 N–H and O–H groups in total. The number of benzene rings is 1. The number of imide groups is 1. The molecule has 3 fully saturated rings. The molecule has 3 aliphatic rings. The number of piperidine rings is 1. The van der Waals surface area contributed by atoms with Gasteiger partial charge >= 0.3 is 12.2 Å². The predicted octanol–water partition coefficient (Wildman–Crippen LogP) is 3.94. The number of nitrogens with zero attached hydrogens (tertiary/aromatic N) is 6. The predicted molar refractivity (Wildman–Crippen MR) is 155 cm³/mol. The lowest BCUT2D eigenvalue weighted by atomic mass is 9.84. The first-order valence-electron chi connectivity index (χ1n) is 15.2. The van der Waals surface area contributed by atoms with Crippen LogP contribution >= 0.6 is 0 Å². The number of urea groups is 1. The quantitative estimate of drug-likeness (QED) is 0.321. The highest BCUT2D eigenvalue weighted by Gasteiger charge is 2.57. The molecule has 244 valence electrons. The molecule has 1 spiro atoms. The summed E-state index contributed by atoms with van der Waals surface area (Å²) >= 11 is 0. The molecule has 2 aromatic heterocycles. The summed E-state index contributed by atoms with van der Waals surface area (Å²) in [6.45, 7) is 2.10. The minimum absolute atomic E-state index is 0.0988. The number of nitrogens with one attached hydrogen (secondary N) is 1. The van der Waals surface area contributed by atoms with Crippen molar-refractivity contribution in [3.05, 3.63) is 64.9 Å². The second-order valence-corrected chi connectivity index (χ2v) is 12.3. The van der Waals surface area contributed by atoms with E-state index < -0.39 is 52.5 Å². The van der Waals surface area contributed by atoms with Crippen molar-refractivity contribution in [2.45, 2.75) is 69.8 Å². The van der Waals surface area contributed by atoms with Gasteiger partial charge in [0.15, 0.2) is 5.65 Å². The Kier molecular flexibility index (Phi) is 7.97. The molecular formula is C31H33F4N7O4. The Hall–Kier alpha value is -4.56. The second-order valence-electron chi connectivity index (χ2n) is 12.3. The molecule has 1 aromatic carbocycles. The van der Waals surface area contributed by atoms with E-state index in [0.29, 0.717) is 42.5 Å². The summed E-state index contributed by atoms with van der Waals surface area (Å²) in [5, 5.41) is 6.81. The van der Waals surface area contributed by atoms with Gasteiger partial charge in [0.25, 0.3) is 11.8 Å². The van der Waals surface area contributed by atoms with Gasteiger partial charge in [0.1, 0.15) is 23.2 Å². The Bertz CT molecular complexity index is 1710. The molecule has 0 radical (unpaired) electrons. The number of alkyl halides is 3. The minimum atomic E-state index is -4.78. The number of fused-ring (bicyclic) bond motifs is 1. The number of likely N-dealkylation sites (tertiary alicyclic amines) is 1. The first-order chi connectivity index (χ1) is 21.8. The van der Waals surface area contributed by atoms with Gasteiger partial charge in [0.2, 0.25) is 5.91 Å². The smallest absolute Gasteiger partial charge is 0.341 e. The van der Waals surface area contributed by atoms with E-state index in [1.165, 1.54) is 16.8 Å². The van der Waals surface area contributed by atoms with E-state index in [2.05, 4.69) is 15.4 Å².